The predicted octanol–water partition coefficient (Wildman–Crippen LogP) is 1.98. The molecular formula is C13H20N2O2. The molecule has 0 unspecified atom stereocenters. The van der Waals surface area contributed by atoms with E-state index in [0.717, 1.165) is 24.4 Å². The van der Waals surface area contributed by atoms with Gasteiger partial charge in [-0.3, -0.25) is 9.69 Å². The number of hydrogen-bond donors (Lipinski definition) is 1. The lowest BCUT2D eigenvalue weighted by Gasteiger charge is -2.15. The number of ether oxygens (including phenoxy) is 1. The van der Waals surface area contributed by atoms with E-state index in [9.17, 15) is 4.79 Å². The maximum Gasteiger partial charge on any atom is 0.238 e. The first-order valence-corrected chi connectivity index (χ1v) is 5.78. The molecule has 4 heteroatoms. The standard InChI is InChI=1S/C13H20N2O2/c1-4-9-15(2)10-13(16)14-11-5-7-12(17-3)8-6-11/h5-8H,4,9-10H2,1-3H3,(H,14,16). The molecule has 1 N–H and O–H groups in total. The van der Waals surface area contributed by atoms with Crippen molar-refractivity contribution >= 4 is 11.6 Å². The van der Waals surface area contributed by atoms with Crippen LogP contribution in [-0.2, 0) is 4.79 Å². The van der Waals surface area contributed by atoms with Gasteiger partial charge in [-0.1, -0.05) is 6.92 Å². The van der Waals surface area contributed by atoms with Crippen LogP contribution in [0, 0.1) is 0 Å². The monoisotopic (exact) mass is 236 g/mol. The molecule has 1 aromatic carbocycles. The summed E-state index contributed by atoms with van der Waals surface area (Å²) in [4.78, 5) is 13.7. The van der Waals surface area contributed by atoms with E-state index in [-0.39, 0.29) is 5.91 Å². The molecule has 0 bridgehead atoms. The summed E-state index contributed by atoms with van der Waals surface area (Å²) in [6.07, 6.45) is 1.05. The van der Waals surface area contributed by atoms with Crippen LogP contribution < -0.4 is 10.1 Å². The van der Waals surface area contributed by atoms with Crippen LogP contribution in [0.3, 0.4) is 0 Å². The predicted molar refractivity (Wildman–Crippen MR) is 69.4 cm³/mol. The van der Waals surface area contributed by atoms with Crippen molar-refractivity contribution in [3.63, 3.8) is 0 Å². The molecule has 0 saturated heterocycles. The molecule has 0 fully saturated rings. The van der Waals surface area contributed by atoms with Crippen molar-refractivity contribution in [1.82, 2.24) is 4.90 Å². The molecule has 1 amide bonds. The van der Waals surface area contributed by atoms with Crippen molar-refractivity contribution < 1.29 is 9.53 Å². The van der Waals surface area contributed by atoms with Crippen LogP contribution in [0.1, 0.15) is 13.3 Å². The van der Waals surface area contributed by atoms with Gasteiger partial charge in [-0.15, -0.1) is 0 Å². The number of anilines is 1. The summed E-state index contributed by atoms with van der Waals surface area (Å²) in [7, 11) is 3.56. The minimum Gasteiger partial charge on any atom is -0.497 e. The zero-order valence-corrected chi connectivity index (χ0v) is 10.7. The van der Waals surface area contributed by atoms with E-state index in [1.165, 1.54) is 0 Å². The largest absolute Gasteiger partial charge is 0.497 e. The molecule has 4 nitrogen and oxygen atoms in total. The smallest absolute Gasteiger partial charge is 0.238 e. The quantitative estimate of drug-likeness (QED) is 0.821. The highest BCUT2D eigenvalue weighted by atomic mass is 16.5. The lowest BCUT2D eigenvalue weighted by molar-refractivity contribution is -0.117. The van der Waals surface area contributed by atoms with Gasteiger partial charge in [-0.25, -0.2) is 0 Å². The Bertz CT molecular complexity index is 349. The molecule has 0 radical (unpaired) electrons. The molecule has 0 aliphatic carbocycles. The summed E-state index contributed by atoms with van der Waals surface area (Å²) >= 11 is 0. The number of nitrogens with one attached hydrogen (secondary N) is 1. The lowest BCUT2D eigenvalue weighted by Crippen LogP contribution is -2.30. The second kappa shape index (κ2) is 6.91. The summed E-state index contributed by atoms with van der Waals surface area (Å²) < 4.78 is 5.05. The topological polar surface area (TPSA) is 41.6 Å². The molecule has 0 aliphatic heterocycles. The molecule has 1 aromatic rings. The molecule has 94 valence electrons. The second-order valence-corrected chi connectivity index (χ2v) is 4.01. The first-order valence-electron chi connectivity index (χ1n) is 5.78. The van der Waals surface area contributed by atoms with Gasteiger partial charge < -0.3 is 10.1 Å². The Balaban J connectivity index is 2.44. The summed E-state index contributed by atoms with van der Waals surface area (Å²) in [5, 5.41) is 2.85. The van der Waals surface area contributed by atoms with E-state index in [2.05, 4.69) is 12.2 Å². The van der Waals surface area contributed by atoms with Crippen molar-refractivity contribution in [3.8, 4) is 5.75 Å². The maximum atomic E-state index is 11.7. The summed E-state index contributed by atoms with van der Waals surface area (Å²) in [5.41, 5.74) is 0.792. The molecule has 0 spiro atoms. The van der Waals surface area contributed by atoms with Gasteiger partial charge in [0.2, 0.25) is 5.91 Å². The summed E-state index contributed by atoms with van der Waals surface area (Å²) in [6.45, 7) is 3.44. The molecule has 1 rings (SSSR count). The Hall–Kier alpha value is -1.55. The number of carbonyl (C=O) groups excluding carboxylic acids is 1. The highest BCUT2D eigenvalue weighted by Crippen LogP contribution is 2.14. The Kier molecular flexibility index (Phi) is 5.49. The molecule has 0 aromatic heterocycles. The van der Waals surface area contributed by atoms with Gasteiger partial charge in [0, 0.05) is 5.69 Å². The maximum absolute atomic E-state index is 11.7. The van der Waals surface area contributed by atoms with Crippen LogP contribution in [0.5, 0.6) is 5.75 Å². The van der Waals surface area contributed by atoms with Crippen molar-refractivity contribution in [2.75, 3.05) is 32.6 Å². The SMILES string of the molecule is CCCN(C)CC(=O)Nc1ccc(OC)cc1. The van der Waals surface area contributed by atoms with Crippen LogP contribution in [-0.4, -0.2) is 38.1 Å². The van der Waals surface area contributed by atoms with E-state index in [1.807, 2.05) is 36.2 Å². The minimum absolute atomic E-state index is 0.00566. The van der Waals surface area contributed by atoms with E-state index in [4.69, 9.17) is 4.74 Å². The van der Waals surface area contributed by atoms with E-state index in [0.29, 0.717) is 6.54 Å². The number of rotatable bonds is 6. The fourth-order valence-corrected chi connectivity index (χ4v) is 1.58. The van der Waals surface area contributed by atoms with E-state index < -0.39 is 0 Å². The van der Waals surface area contributed by atoms with Gasteiger partial charge in [0.25, 0.3) is 0 Å². The van der Waals surface area contributed by atoms with Crippen molar-refractivity contribution in [1.29, 1.82) is 0 Å². The fraction of sp³-hybridized carbons (Fsp3) is 0.462. The van der Waals surface area contributed by atoms with Crippen molar-refractivity contribution in [2.45, 2.75) is 13.3 Å². The van der Waals surface area contributed by atoms with Crippen LogP contribution in [0.2, 0.25) is 0 Å². The van der Waals surface area contributed by atoms with Gasteiger partial charge in [-0.2, -0.15) is 0 Å². The average Bonchev–Trinajstić information content (AvgIpc) is 2.30. The molecule has 0 atom stereocenters. The Morgan fingerprint density at radius 3 is 2.53 bits per heavy atom. The zero-order valence-electron chi connectivity index (χ0n) is 10.7. The van der Waals surface area contributed by atoms with Gasteiger partial charge in [-0.05, 0) is 44.3 Å². The van der Waals surface area contributed by atoms with Crippen molar-refractivity contribution in [2.24, 2.45) is 0 Å². The molecule has 0 saturated carbocycles. The van der Waals surface area contributed by atoms with Crippen LogP contribution in [0.4, 0.5) is 5.69 Å². The first kappa shape index (κ1) is 13.5. The van der Waals surface area contributed by atoms with Gasteiger partial charge in [0.1, 0.15) is 5.75 Å². The Morgan fingerprint density at radius 2 is 2.00 bits per heavy atom. The highest BCUT2D eigenvalue weighted by Gasteiger charge is 2.05. The third kappa shape index (κ3) is 4.87. The average molecular weight is 236 g/mol. The van der Waals surface area contributed by atoms with Crippen molar-refractivity contribution in [3.05, 3.63) is 24.3 Å². The number of likely N-dealkylation sites (N-methyl/N-ethyl adjacent to an activating group) is 1. The fourth-order valence-electron chi connectivity index (χ4n) is 1.58. The van der Waals surface area contributed by atoms with Crippen LogP contribution in [0.25, 0.3) is 0 Å². The summed E-state index contributed by atoms with van der Waals surface area (Å²) in [6, 6.07) is 7.31. The zero-order chi connectivity index (χ0) is 12.7. The van der Waals surface area contributed by atoms with Gasteiger partial charge in [0.15, 0.2) is 0 Å². The lowest BCUT2D eigenvalue weighted by atomic mass is 10.3. The Labute approximate surface area is 103 Å². The highest BCUT2D eigenvalue weighted by molar-refractivity contribution is 5.92. The number of methoxy groups -OCH3 is 1. The van der Waals surface area contributed by atoms with Crippen LogP contribution in [0.15, 0.2) is 24.3 Å². The number of nitrogens with zero attached hydrogens (tertiary/aromatic N) is 1. The third-order valence-corrected chi connectivity index (χ3v) is 2.39. The van der Waals surface area contributed by atoms with E-state index >= 15 is 0 Å². The molecular weight excluding hydrogens is 216 g/mol. The van der Waals surface area contributed by atoms with Gasteiger partial charge in [0.05, 0.1) is 13.7 Å². The third-order valence-electron chi connectivity index (χ3n) is 2.39. The van der Waals surface area contributed by atoms with Gasteiger partial charge >= 0.3 is 0 Å². The first-order chi connectivity index (χ1) is 8.15. The number of carbonyl (C=O) groups is 1. The summed E-state index contributed by atoms with van der Waals surface area (Å²) in [5.74, 6) is 0.789. The second-order valence-electron chi connectivity index (χ2n) is 4.01. The van der Waals surface area contributed by atoms with Crippen LogP contribution >= 0.6 is 0 Å². The number of hydrogen-bond acceptors (Lipinski definition) is 3. The molecule has 17 heavy (non-hydrogen) atoms. The minimum atomic E-state index is 0.00566. The van der Waals surface area contributed by atoms with E-state index in [1.54, 1.807) is 7.11 Å². The normalized spacial score (nSPS) is 10.4. The molecule has 0 heterocycles. The number of amides is 1. The Morgan fingerprint density at radius 1 is 1.35 bits per heavy atom. The molecule has 0 aliphatic rings. The number of benzene rings is 1.